The Labute approximate surface area is 110 Å². The number of hydrogen-bond donors (Lipinski definition) is 4. The summed E-state index contributed by atoms with van der Waals surface area (Å²) in [5.74, 6) is 0. The summed E-state index contributed by atoms with van der Waals surface area (Å²) in [6, 6.07) is 3.53. The molecule has 1 atom stereocenters. The Balaban J connectivity index is 2.39. The topological polar surface area (TPSA) is 104 Å². The van der Waals surface area contributed by atoms with Crippen LogP contribution in [0.3, 0.4) is 0 Å². The summed E-state index contributed by atoms with van der Waals surface area (Å²) >= 11 is 0. The number of nitrogen functional groups attached to an aromatic ring is 1. The lowest BCUT2D eigenvalue weighted by Gasteiger charge is -2.18. The minimum Gasteiger partial charge on any atom is -0.397 e. The van der Waals surface area contributed by atoms with Crippen molar-refractivity contribution in [1.82, 2.24) is 9.97 Å². The van der Waals surface area contributed by atoms with Gasteiger partial charge in [0, 0.05) is 12.6 Å². The van der Waals surface area contributed by atoms with Crippen LogP contribution in [0.4, 0.5) is 11.4 Å². The number of aromatic nitrogens is 2. The van der Waals surface area contributed by atoms with Gasteiger partial charge in [-0.25, -0.2) is 4.98 Å². The fourth-order valence-electron chi connectivity index (χ4n) is 2.01. The predicted octanol–water partition coefficient (Wildman–Crippen LogP) is 1.08. The molecule has 5 N–H and O–H groups in total. The molecule has 0 bridgehead atoms. The molecular weight excluding hydrogens is 244 g/mol. The van der Waals surface area contributed by atoms with Gasteiger partial charge in [0.2, 0.25) is 0 Å². The second-order valence-corrected chi connectivity index (χ2v) is 4.45. The van der Waals surface area contributed by atoms with Gasteiger partial charge in [0.1, 0.15) is 0 Å². The van der Waals surface area contributed by atoms with E-state index in [2.05, 4.69) is 15.3 Å². The Hall–Kier alpha value is -2.08. The molecule has 0 amide bonds. The number of benzene rings is 1. The monoisotopic (exact) mass is 262 g/mol. The van der Waals surface area contributed by atoms with Gasteiger partial charge in [-0.3, -0.25) is 4.79 Å². The highest BCUT2D eigenvalue weighted by Crippen LogP contribution is 2.24. The lowest BCUT2D eigenvalue weighted by atomic mass is 10.1. The molecule has 19 heavy (non-hydrogen) atoms. The van der Waals surface area contributed by atoms with E-state index in [1.54, 1.807) is 12.1 Å². The van der Waals surface area contributed by atoms with Crippen LogP contribution in [0.5, 0.6) is 0 Å². The van der Waals surface area contributed by atoms with Crippen molar-refractivity contribution in [2.24, 2.45) is 0 Å². The second-order valence-electron chi connectivity index (χ2n) is 4.45. The number of nitrogens with two attached hydrogens (primary N) is 1. The number of nitrogens with zero attached hydrogens (tertiary/aromatic N) is 1. The third kappa shape index (κ3) is 2.85. The minimum absolute atomic E-state index is 0.122. The van der Waals surface area contributed by atoms with Crippen LogP contribution in [0, 0.1) is 0 Å². The predicted molar refractivity (Wildman–Crippen MR) is 76.2 cm³/mol. The first-order valence-corrected chi connectivity index (χ1v) is 6.30. The van der Waals surface area contributed by atoms with E-state index in [1.165, 1.54) is 6.33 Å². The number of fused-ring (bicyclic) bond motifs is 1. The minimum atomic E-state index is -0.203. The van der Waals surface area contributed by atoms with Crippen molar-refractivity contribution in [1.29, 1.82) is 0 Å². The van der Waals surface area contributed by atoms with E-state index in [1.807, 2.05) is 6.92 Å². The number of aliphatic hydroxyl groups is 1. The summed E-state index contributed by atoms with van der Waals surface area (Å²) in [5, 5.41) is 12.7. The zero-order chi connectivity index (χ0) is 13.8. The van der Waals surface area contributed by atoms with E-state index in [-0.39, 0.29) is 18.2 Å². The molecule has 0 fully saturated rings. The molecule has 0 aliphatic heterocycles. The molecule has 102 valence electrons. The van der Waals surface area contributed by atoms with Crippen molar-refractivity contribution in [3.8, 4) is 0 Å². The maximum absolute atomic E-state index is 11.6. The Morgan fingerprint density at radius 3 is 3.00 bits per heavy atom. The van der Waals surface area contributed by atoms with Crippen molar-refractivity contribution in [3.05, 3.63) is 28.8 Å². The van der Waals surface area contributed by atoms with E-state index < -0.39 is 0 Å². The highest BCUT2D eigenvalue weighted by molar-refractivity contribution is 5.88. The Morgan fingerprint density at radius 1 is 1.53 bits per heavy atom. The molecule has 0 spiro atoms. The number of aromatic amines is 1. The summed E-state index contributed by atoms with van der Waals surface area (Å²) in [7, 11) is 0. The van der Waals surface area contributed by atoms with Gasteiger partial charge in [-0.05, 0) is 25.0 Å². The fourth-order valence-corrected chi connectivity index (χ4v) is 2.01. The second kappa shape index (κ2) is 5.71. The Kier molecular flexibility index (Phi) is 4.01. The molecule has 0 radical (unpaired) electrons. The van der Waals surface area contributed by atoms with Gasteiger partial charge in [0.15, 0.2) is 0 Å². The van der Waals surface area contributed by atoms with Crippen LogP contribution in [0.2, 0.25) is 0 Å². The van der Waals surface area contributed by atoms with Gasteiger partial charge in [-0.2, -0.15) is 0 Å². The first-order valence-electron chi connectivity index (χ1n) is 6.30. The Morgan fingerprint density at radius 2 is 2.32 bits per heavy atom. The van der Waals surface area contributed by atoms with E-state index in [0.29, 0.717) is 23.0 Å². The number of hydrogen-bond acceptors (Lipinski definition) is 5. The zero-order valence-corrected chi connectivity index (χ0v) is 10.8. The molecule has 6 heteroatoms. The van der Waals surface area contributed by atoms with Crippen molar-refractivity contribution in [2.45, 2.75) is 25.8 Å². The smallest absolute Gasteiger partial charge is 0.258 e. The van der Waals surface area contributed by atoms with Crippen LogP contribution in [0.15, 0.2) is 23.3 Å². The fraction of sp³-hybridized carbons (Fsp3) is 0.385. The van der Waals surface area contributed by atoms with Crippen LogP contribution < -0.4 is 16.6 Å². The van der Waals surface area contributed by atoms with Gasteiger partial charge in [0.25, 0.3) is 5.56 Å². The van der Waals surface area contributed by atoms with Crippen LogP contribution >= 0.6 is 0 Å². The maximum atomic E-state index is 11.6. The molecule has 0 aliphatic carbocycles. The lowest BCUT2D eigenvalue weighted by Crippen LogP contribution is -2.20. The van der Waals surface area contributed by atoms with Crippen LogP contribution in [0.1, 0.15) is 19.8 Å². The maximum Gasteiger partial charge on any atom is 0.258 e. The summed E-state index contributed by atoms with van der Waals surface area (Å²) in [6.45, 7) is 2.16. The van der Waals surface area contributed by atoms with Crippen molar-refractivity contribution in [3.63, 3.8) is 0 Å². The lowest BCUT2D eigenvalue weighted by molar-refractivity contribution is 0.278. The molecule has 2 rings (SSSR count). The molecule has 0 aliphatic rings. The molecule has 1 unspecified atom stereocenters. The van der Waals surface area contributed by atoms with E-state index in [9.17, 15) is 4.79 Å². The van der Waals surface area contributed by atoms with Gasteiger partial charge in [0.05, 0.1) is 28.6 Å². The molecule has 6 nitrogen and oxygen atoms in total. The molecule has 0 saturated carbocycles. The average Bonchev–Trinajstić information content (AvgIpc) is 2.40. The highest BCUT2D eigenvalue weighted by atomic mass is 16.3. The largest absolute Gasteiger partial charge is 0.397 e. The van der Waals surface area contributed by atoms with Gasteiger partial charge in [-0.1, -0.05) is 6.92 Å². The van der Waals surface area contributed by atoms with Crippen molar-refractivity contribution in [2.75, 3.05) is 17.7 Å². The first kappa shape index (κ1) is 13.4. The quantitative estimate of drug-likeness (QED) is 0.604. The number of rotatable bonds is 5. The molecule has 1 aromatic carbocycles. The van der Waals surface area contributed by atoms with Gasteiger partial charge in [-0.15, -0.1) is 0 Å². The highest BCUT2D eigenvalue weighted by Gasteiger charge is 2.10. The van der Waals surface area contributed by atoms with Crippen LogP contribution in [-0.2, 0) is 0 Å². The number of aliphatic hydroxyl groups excluding tert-OH is 1. The molecule has 1 heterocycles. The summed E-state index contributed by atoms with van der Waals surface area (Å²) in [4.78, 5) is 18.3. The van der Waals surface area contributed by atoms with E-state index >= 15 is 0 Å². The van der Waals surface area contributed by atoms with Crippen LogP contribution in [-0.4, -0.2) is 27.7 Å². The van der Waals surface area contributed by atoms with Gasteiger partial charge < -0.3 is 21.1 Å². The molecular formula is C13H18N4O2. The average molecular weight is 262 g/mol. The zero-order valence-electron chi connectivity index (χ0n) is 10.8. The summed E-state index contributed by atoms with van der Waals surface area (Å²) in [6.07, 6.45) is 2.90. The van der Waals surface area contributed by atoms with E-state index in [0.717, 1.165) is 12.1 Å². The summed E-state index contributed by atoms with van der Waals surface area (Å²) in [5.41, 5.74) is 7.59. The third-order valence-electron chi connectivity index (χ3n) is 3.14. The standard InChI is InChI=1S/C13H18N4O2/c1-2-8(3-4-18)17-12-6-11-9(5-10(12)14)13(19)16-7-15-11/h5-8,17-18H,2-4,14H2,1H3,(H,15,16,19). The third-order valence-corrected chi connectivity index (χ3v) is 3.14. The SMILES string of the molecule is CCC(CCO)Nc1cc2nc[nH]c(=O)c2cc1N. The van der Waals surface area contributed by atoms with E-state index in [4.69, 9.17) is 10.8 Å². The number of anilines is 2. The molecule has 2 aromatic rings. The summed E-state index contributed by atoms with van der Waals surface area (Å²) < 4.78 is 0. The Bertz CT molecular complexity index is 624. The van der Waals surface area contributed by atoms with Crippen LogP contribution in [0.25, 0.3) is 10.9 Å². The van der Waals surface area contributed by atoms with Crippen molar-refractivity contribution < 1.29 is 5.11 Å². The van der Waals surface area contributed by atoms with Crippen molar-refractivity contribution >= 4 is 22.3 Å². The molecule has 1 aromatic heterocycles. The normalized spacial score (nSPS) is 12.5. The first-order chi connectivity index (χ1) is 9.15. The number of nitrogens with one attached hydrogen (secondary N) is 2. The molecule has 0 saturated heterocycles. The van der Waals surface area contributed by atoms with Gasteiger partial charge >= 0.3 is 0 Å². The number of H-pyrrole nitrogens is 1.